The molecular formula is C16H20N2O2. The predicted octanol–water partition coefficient (Wildman–Crippen LogP) is 2.92. The van der Waals surface area contributed by atoms with Gasteiger partial charge in [-0.15, -0.1) is 0 Å². The number of nitrogen functional groups attached to an aromatic ring is 1. The van der Waals surface area contributed by atoms with Crippen molar-refractivity contribution in [2.24, 2.45) is 0 Å². The lowest BCUT2D eigenvalue weighted by Gasteiger charge is -2.22. The topological polar surface area (TPSA) is 47.7 Å². The van der Waals surface area contributed by atoms with Gasteiger partial charge in [-0.25, -0.2) is 0 Å². The average molecular weight is 272 g/mol. The Balaban J connectivity index is 2.16. The second-order valence-electron chi connectivity index (χ2n) is 4.60. The van der Waals surface area contributed by atoms with Gasteiger partial charge in [0.1, 0.15) is 11.5 Å². The van der Waals surface area contributed by atoms with E-state index in [1.165, 1.54) is 5.56 Å². The van der Waals surface area contributed by atoms with E-state index in [-0.39, 0.29) is 0 Å². The van der Waals surface area contributed by atoms with Crippen LogP contribution < -0.4 is 20.1 Å². The van der Waals surface area contributed by atoms with Gasteiger partial charge in [0.25, 0.3) is 0 Å². The van der Waals surface area contributed by atoms with Crippen molar-refractivity contribution < 1.29 is 9.47 Å². The molecule has 0 heterocycles. The molecule has 2 aromatic carbocycles. The molecule has 0 aliphatic heterocycles. The van der Waals surface area contributed by atoms with Gasteiger partial charge in [0.05, 0.1) is 25.6 Å². The van der Waals surface area contributed by atoms with Gasteiger partial charge in [0.15, 0.2) is 0 Å². The summed E-state index contributed by atoms with van der Waals surface area (Å²) in [5.41, 5.74) is 8.91. The summed E-state index contributed by atoms with van der Waals surface area (Å²) in [6.07, 6.45) is 0. The molecule has 0 fully saturated rings. The first-order valence-corrected chi connectivity index (χ1v) is 6.42. The molecule has 0 amide bonds. The Bertz CT molecular complexity index is 567. The molecule has 2 N–H and O–H groups in total. The van der Waals surface area contributed by atoms with Crippen LogP contribution in [0.25, 0.3) is 0 Å². The van der Waals surface area contributed by atoms with Gasteiger partial charge in [-0.3, -0.25) is 0 Å². The third-order valence-electron chi connectivity index (χ3n) is 3.25. The number of benzene rings is 2. The smallest absolute Gasteiger partial charge is 0.143 e. The maximum Gasteiger partial charge on any atom is 0.143 e. The molecule has 20 heavy (non-hydrogen) atoms. The first kappa shape index (κ1) is 14.1. The van der Waals surface area contributed by atoms with Crippen LogP contribution in [0.2, 0.25) is 0 Å². The number of ether oxygens (including phenoxy) is 2. The van der Waals surface area contributed by atoms with Gasteiger partial charge in [-0.2, -0.15) is 0 Å². The lowest BCUT2D eigenvalue weighted by atomic mass is 10.2. The van der Waals surface area contributed by atoms with Crippen LogP contribution in [-0.4, -0.2) is 21.3 Å². The second kappa shape index (κ2) is 6.19. The molecule has 4 nitrogen and oxygen atoms in total. The van der Waals surface area contributed by atoms with Crippen LogP contribution in [0.4, 0.5) is 11.4 Å². The Labute approximate surface area is 119 Å². The number of rotatable bonds is 5. The molecule has 2 rings (SSSR count). The quantitative estimate of drug-likeness (QED) is 0.850. The molecule has 0 aromatic heterocycles. The molecule has 0 atom stereocenters. The normalized spacial score (nSPS) is 10.2. The first-order valence-electron chi connectivity index (χ1n) is 6.42. The SMILES string of the molecule is COc1ccc(CN(C)c2cccc(OC)c2N)cc1. The summed E-state index contributed by atoms with van der Waals surface area (Å²) in [5, 5.41) is 0. The minimum atomic E-state index is 0.658. The van der Waals surface area contributed by atoms with E-state index < -0.39 is 0 Å². The van der Waals surface area contributed by atoms with E-state index in [0.717, 1.165) is 18.0 Å². The van der Waals surface area contributed by atoms with Crippen LogP contribution in [0.5, 0.6) is 11.5 Å². The van der Waals surface area contributed by atoms with Crippen molar-refractivity contribution in [2.45, 2.75) is 6.54 Å². The van der Waals surface area contributed by atoms with Crippen molar-refractivity contribution in [3.8, 4) is 11.5 Å². The van der Waals surface area contributed by atoms with Crippen molar-refractivity contribution in [1.82, 2.24) is 0 Å². The van der Waals surface area contributed by atoms with Crippen molar-refractivity contribution in [3.63, 3.8) is 0 Å². The van der Waals surface area contributed by atoms with Gasteiger partial charge >= 0.3 is 0 Å². The van der Waals surface area contributed by atoms with E-state index in [2.05, 4.69) is 4.90 Å². The molecule has 0 unspecified atom stereocenters. The van der Waals surface area contributed by atoms with E-state index >= 15 is 0 Å². The van der Waals surface area contributed by atoms with Crippen LogP contribution >= 0.6 is 0 Å². The average Bonchev–Trinajstić information content (AvgIpc) is 2.48. The van der Waals surface area contributed by atoms with Crippen LogP contribution in [0.1, 0.15) is 5.56 Å². The predicted molar refractivity (Wildman–Crippen MR) is 82.5 cm³/mol. The van der Waals surface area contributed by atoms with Crippen LogP contribution in [0.15, 0.2) is 42.5 Å². The zero-order chi connectivity index (χ0) is 14.5. The molecule has 106 valence electrons. The minimum absolute atomic E-state index is 0.658. The number of para-hydroxylation sites is 1. The van der Waals surface area contributed by atoms with Crippen molar-refractivity contribution >= 4 is 11.4 Å². The Morgan fingerprint density at radius 3 is 2.30 bits per heavy atom. The highest BCUT2D eigenvalue weighted by Crippen LogP contribution is 2.32. The zero-order valence-corrected chi connectivity index (χ0v) is 12.1. The summed E-state index contributed by atoms with van der Waals surface area (Å²) in [6, 6.07) is 13.8. The Morgan fingerprint density at radius 1 is 1.00 bits per heavy atom. The van der Waals surface area contributed by atoms with Crippen LogP contribution in [-0.2, 0) is 6.54 Å². The summed E-state index contributed by atoms with van der Waals surface area (Å²) in [6.45, 7) is 0.765. The second-order valence-corrected chi connectivity index (χ2v) is 4.60. The Hall–Kier alpha value is -2.36. The van der Waals surface area contributed by atoms with Gasteiger partial charge in [-0.1, -0.05) is 18.2 Å². The largest absolute Gasteiger partial charge is 0.497 e. The molecule has 0 radical (unpaired) electrons. The summed E-state index contributed by atoms with van der Waals surface area (Å²) in [7, 11) is 5.30. The molecule has 2 aromatic rings. The number of methoxy groups -OCH3 is 2. The third kappa shape index (κ3) is 2.96. The van der Waals surface area contributed by atoms with Gasteiger partial charge in [0, 0.05) is 13.6 Å². The fourth-order valence-electron chi connectivity index (χ4n) is 2.13. The number of nitrogens with two attached hydrogens (primary N) is 1. The summed E-state index contributed by atoms with van der Waals surface area (Å²) < 4.78 is 10.4. The molecule has 0 aliphatic rings. The maximum atomic E-state index is 6.11. The molecule has 0 aliphatic carbocycles. The van der Waals surface area contributed by atoms with Gasteiger partial charge < -0.3 is 20.1 Å². The number of anilines is 2. The van der Waals surface area contributed by atoms with Gasteiger partial charge in [-0.05, 0) is 29.8 Å². The lowest BCUT2D eigenvalue weighted by molar-refractivity contribution is 0.414. The highest BCUT2D eigenvalue weighted by atomic mass is 16.5. The zero-order valence-electron chi connectivity index (χ0n) is 12.1. The molecule has 4 heteroatoms. The molecular weight excluding hydrogens is 252 g/mol. The third-order valence-corrected chi connectivity index (χ3v) is 3.25. The van der Waals surface area contributed by atoms with E-state index in [0.29, 0.717) is 11.4 Å². The molecule has 0 saturated carbocycles. The first-order chi connectivity index (χ1) is 9.65. The maximum absolute atomic E-state index is 6.11. The lowest BCUT2D eigenvalue weighted by Crippen LogP contribution is -2.18. The van der Waals surface area contributed by atoms with E-state index in [1.54, 1.807) is 14.2 Å². The summed E-state index contributed by atoms with van der Waals surface area (Å²) in [5.74, 6) is 1.56. The van der Waals surface area contributed by atoms with E-state index in [9.17, 15) is 0 Å². The van der Waals surface area contributed by atoms with Crippen LogP contribution in [0.3, 0.4) is 0 Å². The monoisotopic (exact) mass is 272 g/mol. The van der Waals surface area contributed by atoms with E-state index in [4.69, 9.17) is 15.2 Å². The Morgan fingerprint density at radius 2 is 1.70 bits per heavy atom. The Kier molecular flexibility index (Phi) is 4.35. The number of hydrogen-bond donors (Lipinski definition) is 1. The molecule has 0 saturated heterocycles. The number of hydrogen-bond acceptors (Lipinski definition) is 4. The number of nitrogens with zero attached hydrogens (tertiary/aromatic N) is 1. The highest BCUT2D eigenvalue weighted by Gasteiger charge is 2.09. The minimum Gasteiger partial charge on any atom is -0.497 e. The fraction of sp³-hybridized carbons (Fsp3) is 0.250. The molecule has 0 bridgehead atoms. The standard InChI is InChI=1S/C16H20N2O2/c1-18(11-12-7-9-13(19-2)10-8-12)14-5-4-6-15(20-3)16(14)17/h4-10H,11,17H2,1-3H3. The van der Waals surface area contributed by atoms with Crippen molar-refractivity contribution in [2.75, 3.05) is 31.9 Å². The van der Waals surface area contributed by atoms with E-state index in [1.807, 2.05) is 49.5 Å². The summed E-state index contributed by atoms with van der Waals surface area (Å²) in [4.78, 5) is 2.10. The van der Waals surface area contributed by atoms with Crippen molar-refractivity contribution in [1.29, 1.82) is 0 Å². The fourth-order valence-corrected chi connectivity index (χ4v) is 2.13. The van der Waals surface area contributed by atoms with Gasteiger partial charge in [0.2, 0.25) is 0 Å². The highest BCUT2D eigenvalue weighted by molar-refractivity contribution is 5.73. The van der Waals surface area contributed by atoms with Crippen LogP contribution in [0, 0.1) is 0 Å². The summed E-state index contributed by atoms with van der Waals surface area (Å²) >= 11 is 0. The van der Waals surface area contributed by atoms with Crippen molar-refractivity contribution in [3.05, 3.63) is 48.0 Å². The molecule has 0 spiro atoms.